The Morgan fingerprint density at radius 1 is 1.13 bits per heavy atom. The Kier molecular flexibility index (Phi) is 7.58. The van der Waals surface area contributed by atoms with Crippen LogP contribution in [0.25, 0.3) is 0 Å². The van der Waals surface area contributed by atoms with Crippen LogP contribution in [0.5, 0.6) is 5.75 Å². The molecule has 0 saturated carbocycles. The second-order valence-corrected chi connectivity index (χ2v) is 9.11. The van der Waals surface area contributed by atoms with Crippen molar-refractivity contribution in [3.8, 4) is 5.75 Å². The van der Waals surface area contributed by atoms with E-state index < -0.39 is 33.7 Å². The fraction of sp³-hybridized carbons (Fsp3) is 0.381. The highest BCUT2D eigenvalue weighted by molar-refractivity contribution is 7.92. The van der Waals surface area contributed by atoms with E-state index in [4.69, 9.17) is 4.74 Å². The Balaban J connectivity index is 2.08. The highest BCUT2D eigenvalue weighted by Gasteiger charge is 2.34. The topological polar surface area (TPSA) is 75.7 Å². The Bertz CT molecular complexity index is 1020. The molecular weight excluding hydrogens is 433 g/mol. The molecule has 1 unspecified atom stereocenters. The van der Waals surface area contributed by atoms with Gasteiger partial charge in [0.05, 0.1) is 24.1 Å². The number of ether oxygens (including phenoxy) is 1. The van der Waals surface area contributed by atoms with Gasteiger partial charge in [-0.1, -0.05) is 12.1 Å². The quantitative estimate of drug-likeness (QED) is 0.613. The first-order valence-corrected chi connectivity index (χ1v) is 11.3. The van der Waals surface area contributed by atoms with Gasteiger partial charge >= 0.3 is 6.18 Å². The van der Waals surface area contributed by atoms with Crippen molar-refractivity contribution >= 4 is 21.6 Å². The van der Waals surface area contributed by atoms with Gasteiger partial charge in [0.1, 0.15) is 18.4 Å². The van der Waals surface area contributed by atoms with Crippen LogP contribution in [0.15, 0.2) is 42.5 Å². The molecule has 0 aliphatic rings. The third-order valence-corrected chi connectivity index (χ3v) is 5.62. The first-order valence-electron chi connectivity index (χ1n) is 9.44. The smallest absolute Gasteiger partial charge is 0.416 e. The predicted octanol–water partition coefficient (Wildman–Crippen LogP) is 3.67. The van der Waals surface area contributed by atoms with Crippen LogP contribution in [-0.2, 0) is 21.0 Å². The van der Waals surface area contributed by atoms with Gasteiger partial charge in [0.15, 0.2) is 0 Å². The Morgan fingerprint density at radius 2 is 1.74 bits per heavy atom. The monoisotopic (exact) mass is 458 g/mol. The van der Waals surface area contributed by atoms with Crippen LogP contribution in [0.4, 0.5) is 18.9 Å². The SMILES string of the molecule is Cc1cc(C)cc(OCCNC(=O)C(C)N(c2cccc(C(F)(F)F)c2)S(C)(=O)=O)c1. The normalized spacial score (nSPS) is 12.9. The molecule has 31 heavy (non-hydrogen) atoms. The number of hydrogen-bond acceptors (Lipinski definition) is 4. The highest BCUT2D eigenvalue weighted by Crippen LogP contribution is 2.32. The maximum atomic E-state index is 13.0. The molecular formula is C21H25F3N2O4S. The van der Waals surface area contributed by atoms with Crippen LogP contribution < -0.4 is 14.4 Å². The van der Waals surface area contributed by atoms with E-state index in [2.05, 4.69) is 5.32 Å². The number of rotatable bonds is 8. The number of sulfonamides is 1. The lowest BCUT2D eigenvalue weighted by atomic mass is 10.1. The minimum atomic E-state index is -4.64. The van der Waals surface area contributed by atoms with E-state index >= 15 is 0 Å². The Hall–Kier alpha value is -2.75. The summed E-state index contributed by atoms with van der Waals surface area (Å²) in [5.74, 6) is -0.0200. The molecule has 2 aromatic carbocycles. The van der Waals surface area contributed by atoms with Crippen LogP contribution in [0.1, 0.15) is 23.6 Å². The summed E-state index contributed by atoms with van der Waals surface area (Å²) in [4.78, 5) is 12.5. The first-order chi connectivity index (χ1) is 14.3. The molecule has 0 radical (unpaired) electrons. The minimum Gasteiger partial charge on any atom is -0.492 e. The number of anilines is 1. The van der Waals surface area contributed by atoms with Gasteiger partial charge in [-0.25, -0.2) is 8.42 Å². The van der Waals surface area contributed by atoms with Crippen LogP contribution in [0.2, 0.25) is 0 Å². The molecule has 6 nitrogen and oxygen atoms in total. The van der Waals surface area contributed by atoms with Gasteiger partial charge in [0, 0.05) is 0 Å². The van der Waals surface area contributed by atoms with Crippen molar-refractivity contribution in [2.24, 2.45) is 0 Å². The molecule has 0 saturated heterocycles. The van der Waals surface area contributed by atoms with Gasteiger partial charge < -0.3 is 10.1 Å². The zero-order valence-corrected chi connectivity index (χ0v) is 18.5. The standard InChI is InChI=1S/C21H25F3N2O4S/c1-14-10-15(2)12-19(11-14)30-9-8-25-20(27)16(3)26(31(4,28)29)18-7-5-6-17(13-18)21(22,23)24/h5-7,10-13,16H,8-9H2,1-4H3,(H,25,27). The largest absolute Gasteiger partial charge is 0.492 e. The molecule has 2 rings (SSSR count). The van der Waals surface area contributed by atoms with E-state index in [1.807, 2.05) is 32.0 Å². The maximum Gasteiger partial charge on any atom is 0.416 e. The summed E-state index contributed by atoms with van der Waals surface area (Å²) in [6.07, 6.45) is -3.81. The van der Waals surface area contributed by atoms with Crippen molar-refractivity contribution in [2.45, 2.75) is 33.0 Å². The highest BCUT2D eigenvalue weighted by atomic mass is 32.2. The van der Waals surface area contributed by atoms with Gasteiger partial charge in [-0.05, 0) is 62.2 Å². The summed E-state index contributed by atoms with van der Waals surface area (Å²) >= 11 is 0. The third-order valence-electron chi connectivity index (χ3n) is 4.38. The molecule has 170 valence electrons. The van der Waals surface area contributed by atoms with E-state index in [1.165, 1.54) is 13.0 Å². The minimum absolute atomic E-state index is 0.0936. The number of nitrogens with one attached hydrogen (secondary N) is 1. The molecule has 0 bridgehead atoms. The van der Waals surface area contributed by atoms with Crippen molar-refractivity contribution in [1.29, 1.82) is 0 Å². The Morgan fingerprint density at radius 3 is 2.29 bits per heavy atom. The third kappa shape index (κ3) is 6.88. The molecule has 1 atom stereocenters. The second kappa shape index (κ2) is 9.59. The molecule has 0 heterocycles. The number of hydrogen-bond donors (Lipinski definition) is 1. The molecule has 1 N–H and O–H groups in total. The average molecular weight is 459 g/mol. The van der Waals surface area contributed by atoms with E-state index in [1.54, 1.807) is 0 Å². The first kappa shape index (κ1) is 24.5. The summed E-state index contributed by atoms with van der Waals surface area (Å²) in [5.41, 5.74) is 0.801. The molecule has 10 heteroatoms. The van der Waals surface area contributed by atoms with Crippen molar-refractivity contribution in [2.75, 3.05) is 23.7 Å². The van der Waals surface area contributed by atoms with Gasteiger partial charge in [0.25, 0.3) is 0 Å². The predicted molar refractivity (Wildman–Crippen MR) is 113 cm³/mol. The number of benzene rings is 2. The number of halogens is 3. The van der Waals surface area contributed by atoms with Crippen LogP contribution in [0, 0.1) is 13.8 Å². The summed E-state index contributed by atoms with van der Waals surface area (Å²) < 4.78 is 69.8. The lowest BCUT2D eigenvalue weighted by Gasteiger charge is -2.28. The molecule has 0 aliphatic heterocycles. The molecule has 0 fully saturated rings. The van der Waals surface area contributed by atoms with Crippen molar-refractivity contribution in [1.82, 2.24) is 5.32 Å². The van der Waals surface area contributed by atoms with Crippen molar-refractivity contribution in [3.63, 3.8) is 0 Å². The number of aryl methyl sites for hydroxylation is 2. The number of carbonyl (C=O) groups excluding carboxylic acids is 1. The summed E-state index contributed by atoms with van der Waals surface area (Å²) in [7, 11) is -4.03. The van der Waals surface area contributed by atoms with Crippen LogP contribution in [-0.4, -0.2) is 39.8 Å². The van der Waals surface area contributed by atoms with Gasteiger partial charge in [-0.2, -0.15) is 13.2 Å². The fourth-order valence-corrected chi connectivity index (χ4v) is 4.30. The van der Waals surface area contributed by atoms with Gasteiger partial charge in [0.2, 0.25) is 15.9 Å². The second-order valence-electron chi connectivity index (χ2n) is 7.25. The Labute approximate surface area is 180 Å². The lowest BCUT2D eigenvalue weighted by Crippen LogP contribution is -2.48. The number of nitrogens with zero attached hydrogens (tertiary/aromatic N) is 1. The molecule has 1 amide bonds. The summed E-state index contributed by atoms with van der Waals surface area (Å²) in [5, 5.41) is 2.56. The summed E-state index contributed by atoms with van der Waals surface area (Å²) in [6, 6.07) is 8.26. The van der Waals surface area contributed by atoms with Crippen LogP contribution in [0.3, 0.4) is 0 Å². The van der Waals surface area contributed by atoms with E-state index in [0.29, 0.717) is 16.1 Å². The van der Waals surface area contributed by atoms with E-state index in [0.717, 1.165) is 29.5 Å². The maximum absolute atomic E-state index is 13.0. The molecule has 0 aromatic heterocycles. The van der Waals surface area contributed by atoms with Crippen LogP contribution >= 0.6 is 0 Å². The van der Waals surface area contributed by atoms with Gasteiger partial charge in [-0.3, -0.25) is 9.10 Å². The fourth-order valence-electron chi connectivity index (χ4n) is 3.14. The van der Waals surface area contributed by atoms with Crippen molar-refractivity contribution in [3.05, 3.63) is 59.2 Å². The zero-order valence-electron chi connectivity index (χ0n) is 17.7. The van der Waals surface area contributed by atoms with E-state index in [-0.39, 0.29) is 18.8 Å². The number of carbonyl (C=O) groups is 1. The number of alkyl halides is 3. The van der Waals surface area contributed by atoms with E-state index in [9.17, 15) is 26.4 Å². The molecule has 0 aliphatic carbocycles. The molecule has 0 spiro atoms. The molecule has 2 aromatic rings. The average Bonchev–Trinajstić information content (AvgIpc) is 2.62. The summed E-state index contributed by atoms with van der Waals surface area (Å²) in [6.45, 7) is 5.40. The van der Waals surface area contributed by atoms with Crippen molar-refractivity contribution < 1.29 is 31.1 Å². The lowest BCUT2D eigenvalue weighted by molar-refractivity contribution is -0.137. The van der Waals surface area contributed by atoms with Gasteiger partial charge in [-0.15, -0.1) is 0 Å². The number of amides is 1. The zero-order chi connectivity index (χ0) is 23.4.